The number of urea groups is 1. The van der Waals surface area contributed by atoms with Crippen molar-refractivity contribution < 1.29 is 4.79 Å². The molecule has 1 aromatic heterocycles. The number of rotatable bonds is 2. The van der Waals surface area contributed by atoms with Gasteiger partial charge in [0.05, 0.1) is 5.69 Å². The lowest BCUT2D eigenvalue weighted by Gasteiger charge is -2.19. The average Bonchev–Trinajstić information content (AvgIpc) is 2.81. The number of amides is 2. The van der Waals surface area contributed by atoms with E-state index in [0.29, 0.717) is 5.82 Å². The Morgan fingerprint density at radius 3 is 2.43 bits per heavy atom. The average molecular weight is 284 g/mol. The van der Waals surface area contributed by atoms with Crippen LogP contribution in [0.1, 0.15) is 25.7 Å². The SMILES string of the molecule is O=C(Nc1ccn(-c2ccccc2)n1)N1CCCCCC1. The fourth-order valence-corrected chi connectivity index (χ4v) is 2.58. The lowest BCUT2D eigenvalue weighted by Crippen LogP contribution is -2.35. The predicted molar refractivity (Wildman–Crippen MR) is 82.6 cm³/mol. The second kappa shape index (κ2) is 6.43. The van der Waals surface area contributed by atoms with Crippen molar-refractivity contribution in [3.8, 4) is 5.69 Å². The van der Waals surface area contributed by atoms with Crippen LogP contribution in [0.15, 0.2) is 42.6 Å². The minimum atomic E-state index is -0.0461. The molecule has 110 valence electrons. The number of anilines is 1. The van der Waals surface area contributed by atoms with Gasteiger partial charge in [-0.1, -0.05) is 31.0 Å². The van der Waals surface area contributed by atoms with E-state index in [1.165, 1.54) is 12.8 Å². The van der Waals surface area contributed by atoms with Gasteiger partial charge in [-0.05, 0) is 25.0 Å². The Kier molecular flexibility index (Phi) is 4.19. The molecule has 1 aliphatic rings. The molecule has 1 fully saturated rings. The van der Waals surface area contributed by atoms with Gasteiger partial charge in [-0.2, -0.15) is 0 Å². The maximum absolute atomic E-state index is 12.2. The molecule has 1 aliphatic heterocycles. The van der Waals surface area contributed by atoms with E-state index in [0.717, 1.165) is 31.6 Å². The van der Waals surface area contributed by atoms with E-state index in [9.17, 15) is 4.79 Å². The first-order valence-corrected chi connectivity index (χ1v) is 7.50. The second-order valence-electron chi connectivity index (χ2n) is 5.31. The molecule has 1 aromatic carbocycles. The predicted octanol–water partition coefficient (Wildman–Crippen LogP) is 3.28. The van der Waals surface area contributed by atoms with Crippen LogP contribution in [0.3, 0.4) is 0 Å². The molecule has 0 saturated carbocycles. The summed E-state index contributed by atoms with van der Waals surface area (Å²) in [6.45, 7) is 1.68. The lowest BCUT2D eigenvalue weighted by molar-refractivity contribution is 0.213. The molecule has 2 heterocycles. The Balaban J connectivity index is 1.65. The van der Waals surface area contributed by atoms with Crippen molar-refractivity contribution in [2.24, 2.45) is 0 Å². The van der Waals surface area contributed by atoms with Gasteiger partial charge in [0.2, 0.25) is 0 Å². The summed E-state index contributed by atoms with van der Waals surface area (Å²) in [4.78, 5) is 14.1. The highest BCUT2D eigenvalue weighted by molar-refractivity contribution is 5.88. The molecule has 2 aromatic rings. The Labute approximate surface area is 124 Å². The quantitative estimate of drug-likeness (QED) is 0.920. The maximum atomic E-state index is 12.2. The minimum Gasteiger partial charge on any atom is -0.325 e. The first kappa shape index (κ1) is 13.7. The summed E-state index contributed by atoms with van der Waals surface area (Å²) in [5, 5.41) is 7.28. The van der Waals surface area contributed by atoms with Gasteiger partial charge in [-0.25, -0.2) is 9.48 Å². The third-order valence-electron chi connectivity index (χ3n) is 3.74. The molecule has 0 bridgehead atoms. The van der Waals surface area contributed by atoms with E-state index >= 15 is 0 Å². The molecule has 3 rings (SSSR count). The number of likely N-dealkylation sites (tertiary alicyclic amines) is 1. The van der Waals surface area contributed by atoms with Crippen LogP contribution in [0.25, 0.3) is 5.69 Å². The standard InChI is InChI=1S/C16H20N4O/c21-16(19-11-6-1-2-7-12-19)17-15-10-13-20(18-15)14-8-4-3-5-9-14/h3-5,8-10,13H,1-2,6-7,11-12H2,(H,17,18,21). The van der Waals surface area contributed by atoms with E-state index in [1.54, 1.807) is 4.68 Å². The van der Waals surface area contributed by atoms with E-state index < -0.39 is 0 Å². The van der Waals surface area contributed by atoms with Crippen LogP contribution in [-0.4, -0.2) is 33.8 Å². The number of aromatic nitrogens is 2. The van der Waals surface area contributed by atoms with Gasteiger partial charge < -0.3 is 4.90 Å². The van der Waals surface area contributed by atoms with Gasteiger partial charge in [0.25, 0.3) is 0 Å². The number of benzene rings is 1. The summed E-state index contributed by atoms with van der Waals surface area (Å²) in [6, 6.07) is 11.6. The van der Waals surface area contributed by atoms with Gasteiger partial charge in [-0.3, -0.25) is 5.32 Å². The zero-order valence-corrected chi connectivity index (χ0v) is 12.0. The smallest absolute Gasteiger partial charge is 0.323 e. The summed E-state index contributed by atoms with van der Waals surface area (Å²) in [5.41, 5.74) is 0.979. The molecule has 21 heavy (non-hydrogen) atoms. The van der Waals surface area contributed by atoms with Crippen molar-refractivity contribution in [1.29, 1.82) is 0 Å². The number of hydrogen-bond acceptors (Lipinski definition) is 2. The summed E-state index contributed by atoms with van der Waals surface area (Å²) in [6.07, 6.45) is 6.46. The van der Waals surface area contributed by atoms with E-state index in [2.05, 4.69) is 10.4 Å². The molecule has 5 heteroatoms. The first-order chi connectivity index (χ1) is 10.3. The highest BCUT2D eigenvalue weighted by atomic mass is 16.2. The van der Waals surface area contributed by atoms with Crippen LogP contribution in [-0.2, 0) is 0 Å². The zero-order chi connectivity index (χ0) is 14.5. The fourth-order valence-electron chi connectivity index (χ4n) is 2.58. The fraction of sp³-hybridized carbons (Fsp3) is 0.375. The van der Waals surface area contributed by atoms with E-state index in [4.69, 9.17) is 0 Å². The number of nitrogens with zero attached hydrogens (tertiary/aromatic N) is 3. The van der Waals surface area contributed by atoms with Crippen molar-refractivity contribution in [3.05, 3.63) is 42.6 Å². The summed E-state index contributed by atoms with van der Waals surface area (Å²) in [5.74, 6) is 0.591. The lowest BCUT2D eigenvalue weighted by atomic mass is 10.2. The van der Waals surface area contributed by atoms with Crippen LogP contribution >= 0.6 is 0 Å². The van der Waals surface area contributed by atoms with Crippen LogP contribution in [0.4, 0.5) is 10.6 Å². The molecular weight excluding hydrogens is 264 g/mol. The van der Waals surface area contributed by atoms with Gasteiger partial charge >= 0.3 is 6.03 Å². The second-order valence-corrected chi connectivity index (χ2v) is 5.31. The normalized spacial score (nSPS) is 15.5. The first-order valence-electron chi connectivity index (χ1n) is 7.50. The molecule has 0 radical (unpaired) electrons. The third-order valence-corrected chi connectivity index (χ3v) is 3.74. The number of carbonyl (C=O) groups excluding carboxylic acids is 1. The van der Waals surface area contributed by atoms with Crippen LogP contribution in [0.2, 0.25) is 0 Å². The molecule has 1 N–H and O–H groups in total. The van der Waals surface area contributed by atoms with Crippen molar-refractivity contribution in [2.45, 2.75) is 25.7 Å². The van der Waals surface area contributed by atoms with Crippen molar-refractivity contribution >= 4 is 11.8 Å². The van der Waals surface area contributed by atoms with E-state index in [-0.39, 0.29) is 6.03 Å². The zero-order valence-electron chi connectivity index (χ0n) is 12.0. The highest BCUT2D eigenvalue weighted by Gasteiger charge is 2.16. The molecule has 1 saturated heterocycles. The summed E-state index contributed by atoms with van der Waals surface area (Å²) < 4.78 is 1.76. The Bertz CT molecular complexity index is 585. The Morgan fingerprint density at radius 1 is 1.00 bits per heavy atom. The molecule has 0 atom stereocenters. The molecule has 0 unspecified atom stereocenters. The number of nitrogens with one attached hydrogen (secondary N) is 1. The van der Waals surface area contributed by atoms with Gasteiger partial charge in [0.15, 0.2) is 5.82 Å². The topological polar surface area (TPSA) is 50.2 Å². The van der Waals surface area contributed by atoms with Crippen molar-refractivity contribution in [3.63, 3.8) is 0 Å². The monoisotopic (exact) mass is 284 g/mol. The molecule has 5 nitrogen and oxygen atoms in total. The van der Waals surface area contributed by atoms with Gasteiger partial charge in [0, 0.05) is 25.4 Å². The van der Waals surface area contributed by atoms with Crippen molar-refractivity contribution in [2.75, 3.05) is 18.4 Å². The minimum absolute atomic E-state index is 0.0461. The number of hydrogen-bond donors (Lipinski definition) is 1. The van der Waals surface area contributed by atoms with Crippen LogP contribution in [0, 0.1) is 0 Å². The summed E-state index contributed by atoms with van der Waals surface area (Å²) in [7, 11) is 0. The number of para-hydroxylation sites is 1. The molecule has 0 spiro atoms. The van der Waals surface area contributed by atoms with Gasteiger partial charge in [0.1, 0.15) is 0 Å². The van der Waals surface area contributed by atoms with Crippen LogP contribution < -0.4 is 5.32 Å². The number of carbonyl (C=O) groups is 1. The maximum Gasteiger partial charge on any atom is 0.323 e. The van der Waals surface area contributed by atoms with Crippen molar-refractivity contribution in [1.82, 2.24) is 14.7 Å². The Morgan fingerprint density at radius 2 is 1.71 bits per heavy atom. The third kappa shape index (κ3) is 3.42. The molecule has 2 amide bonds. The Hall–Kier alpha value is -2.30. The highest BCUT2D eigenvalue weighted by Crippen LogP contribution is 2.13. The van der Waals surface area contributed by atoms with Gasteiger partial charge in [-0.15, -0.1) is 5.10 Å². The molecular formula is C16H20N4O. The molecule has 0 aliphatic carbocycles. The van der Waals surface area contributed by atoms with E-state index in [1.807, 2.05) is 47.5 Å². The van der Waals surface area contributed by atoms with Crippen LogP contribution in [0.5, 0.6) is 0 Å². The summed E-state index contributed by atoms with van der Waals surface area (Å²) >= 11 is 0. The largest absolute Gasteiger partial charge is 0.325 e.